The number of fused-ring (bicyclic) bond motifs is 3. The highest BCUT2D eigenvalue weighted by Gasteiger charge is 2.31. The molecule has 0 spiro atoms. The van der Waals surface area contributed by atoms with Crippen LogP contribution >= 0.6 is 0 Å². The van der Waals surface area contributed by atoms with Gasteiger partial charge in [-0.3, -0.25) is 14.9 Å². The number of imide groups is 1. The van der Waals surface area contributed by atoms with Gasteiger partial charge < -0.3 is 30.1 Å². The number of piperazine rings is 1. The number of nitrogen functional groups attached to an aromatic ring is 1. The minimum Gasteiger partial charge on any atom is -0.507 e. The summed E-state index contributed by atoms with van der Waals surface area (Å²) < 4.78 is 2.02. The largest absolute Gasteiger partial charge is 0.507 e. The molecular weight excluding hydrogens is 667 g/mol. The smallest absolute Gasteiger partial charge is 0.249 e. The molecule has 4 N–H and O–H groups in total. The molecule has 2 amide bonds. The van der Waals surface area contributed by atoms with Crippen molar-refractivity contribution in [1.82, 2.24) is 30.0 Å². The number of para-hydroxylation sites is 1. The Labute approximate surface area is 307 Å². The number of benzene rings is 3. The topological polar surface area (TPSA) is 146 Å². The number of pyridine rings is 1. The van der Waals surface area contributed by atoms with Crippen molar-refractivity contribution in [2.45, 2.75) is 38.3 Å². The fourth-order valence-corrected chi connectivity index (χ4v) is 7.86. The van der Waals surface area contributed by atoms with Crippen molar-refractivity contribution in [2.24, 2.45) is 0 Å². The molecule has 2 saturated heterocycles. The first-order valence-corrected chi connectivity index (χ1v) is 18.2. The minimum absolute atomic E-state index is 0.165. The summed E-state index contributed by atoms with van der Waals surface area (Å²) in [4.78, 5) is 36.4. The zero-order chi connectivity index (χ0) is 36.5. The van der Waals surface area contributed by atoms with Gasteiger partial charge in [0.25, 0.3) is 0 Å². The molecule has 8 rings (SSSR count). The summed E-state index contributed by atoms with van der Waals surface area (Å²) in [5, 5.41) is 23.4. The Morgan fingerprint density at radius 2 is 1.72 bits per heavy atom. The average Bonchev–Trinajstić information content (AvgIpc) is 3.51. The SMILES string of the molecule is CN(CCCc1cccc2c1c1cccnc1n2C1CCC(=O)NC1=O)Cc1ccc(N2CCN(c3cc(-c4ccccc4O)nnc3N)CC2)cc1. The lowest BCUT2D eigenvalue weighted by atomic mass is 10.0. The average molecular weight is 710 g/mol. The molecule has 3 aromatic carbocycles. The number of carbonyl (C=O) groups excluding carboxylic acids is 2. The third-order valence-electron chi connectivity index (χ3n) is 10.5. The van der Waals surface area contributed by atoms with Gasteiger partial charge in [-0.25, -0.2) is 4.98 Å². The standard InChI is InChI=1S/C41H43N9O3/c1-47(20-6-8-28-7-4-11-33-38(28)31-10-5-19-43-40(31)50(33)34-17-18-37(52)44-41(34)53)26-27-13-15-29(16-14-27)48-21-23-49(24-22-48)35-25-32(45-46-39(35)42)30-9-2-3-12-36(30)51/h2-5,7,9-16,19,25,34,51H,6,8,17-18,20-24,26H2,1H3,(H2,42,46)(H,44,52,53). The number of rotatable bonds is 10. The van der Waals surface area contributed by atoms with Crippen LogP contribution in [0.4, 0.5) is 17.2 Å². The predicted octanol–water partition coefficient (Wildman–Crippen LogP) is 5.30. The van der Waals surface area contributed by atoms with Crippen molar-refractivity contribution < 1.29 is 14.7 Å². The number of carbonyl (C=O) groups is 2. The Balaban J connectivity index is 0.873. The van der Waals surface area contributed by atoms with Crippen molar-refractivity contribution in [1.29, 1.82) is 0 Å². The number of aromatic nitrogens is 4. The minimum atomic E-state index is -0.463. The lowest BCUT2D eigenvalue weighted by Crippen LogP contribution is -2.46. The molecule has 12 nitrogen and oxygen atoms in total. The van der Waals surface area contributed by atoms with E-state index in [-0.39, 0.29) is 17.6 Å². The van der Waals surface area contributed by atoms with Crippen LogP contribution < -0.4 is 20.9 Å². The maximum Gasteiger partial charge on any atom is 0.249 e. The summed E-state index contributed by atoms with van der Waals surface area (Å²) in [5.41, 5.74) is 13.8. The van der Waals surface area contributed by atoms with Gasteiger partial charge in [0, 0.05) is 67.4 Å². The molecule has 270 valence electrons. The number of hydrogen-bond acceptors (Lipinski definition) is 10. The number of nitrogens with two attached hydrogens (primary N) is 1. The molecule has 5 heterocycles. The normalized spacial score (nSPS) is 16.5. The maximum absolute atomic E-state index is 12.9. The Morgan fingerprint density at radius 3 is 2.51 bits per heavy atom. The van der Waals surface area contributed by atoms with E-state index in [2.05, 4.69) is 90.8 Å². The third kappa shape index (κ3) is 6.85. The maximum atomic E-state index is 12.9. The number of anilines is 3. The zero-order valence-electron chi connectivity index (χ0n) is 29.8. The molecule has 1 atom stereocenters. The van der Waals surface area contributed by atoms with E-state index in [1.165, 1.54) is 16.8 Å². The van der Waals surface area contributed by atoms with Gasteiger partial charge in [-0.15, -0.1) is 10.2 Å². The van der Waals surface area contributed by atoms with E-state index in [9.17, 15) is 14.7 Å². The van der Waals surface area contributed by atoms with Gasteiger partial charge in [0.05, 0.1) is 16.9 Å². The van der Waals surface area contributed by atoms with Crippen LogP contribution in [0.3, 0.4) is 0 Å². The van der Waals surface area contributed by atoms with Gasteiger partial charge in [0.15, 0.2) is 5.82 Å². The van der Waals surface area contributed by atoms with Gasteiger partial charge in [-0.05, 0) is 92.5 Å². The van der Waals surface area contributed by atoms with E-state index in [0.29, 0.717) is 29.9 Å². The quantitative estimate of drug-likeness (QED) is 0.160. The molecule has 6 aromatic rings. The summed E-state index contributed by atoms with van der Waals surface area (Å²) in [6, 6.07) is 27.8. The van der Waals surface area contributed by atoms with Gasteiger partial charge in [0.1, 0.15) is 17.4 Å². The number of aryl methyl sites for hydroxylation is 1. The van der Waals surface area contributed by atoms with Crippen LogP contribution in [0.15, 0.2) is 91.1 Å². The number of phenols is 1. The molecule has 3 aromatic heterocycles. The molecular formula is C41H43N9O3. The lowest BCUT2D eigenvalue weighted by molar-refractivity contribution is -0.135. The number of amides is 2. The van der Waals surface area contributed by atoms with Crippen molar-refractivity contribution >= 4 is 50.9 Å². The molecule has 2 fully saturated rings. The molecule has 53 heavy (non-hydrogen) atoms. The summed E-state index contributed by atoms with van der Waals surface area (Å²) in [7, 11) is 2.16. The van der Waals surface area contributed by atoms with Gasteiger partial charge in [-0.1, -0.05) is 36.4 Å². The van der Waals surface area contributed by atoms with Crippen LogP contribution in [-0.4, -0.2) is 81.3 Å². The monoisotopic (exact) mass is 709 g/mol. The number of nitrogens with zero attached hydrogens (tertiary/aromatic N) is 7. The van der Waals surface area contributed by atoms with E-state index >= 15 is 0 Å². The number of piperidine rings is 1. The Bertz CT molecular complexity index is 2300. The first-order valence-electron chi connectivity index (χ1n) is 18.2. The molecule has 0 bridgehead atoms. The van der Waals surface area contributed by atoms with Crippen molar-refractivity contribution in [3.63, 3.8) is 0 Å². The highest BCUT2D eigenvalue weighted by molar-refractivity contribution is 6.10. The lowest BCUT2D eigenvalue weighted by Gasteiger charge is -2.37. The molecule has 1 unspecified atom stereocenters. The van der Waals surface area contributed by atoms with E-state index < -0.39 is 6.04 Å². The van der Waals surface area contributed by atoms with E-state index in [1.54, 1.807) is 18.3 Å². The van der Waals surface area contributed by atoms with E-state index in [0.717, 1.165) is 79.7 Å². The van der Waals surface area contributed by atoms with Gasteiger partial charge in [0.2, 0.25) is 11.8 Å². The summed E-state index contributed by atoms with van der Waals surface area (Å²) in [6.45, 7) is 5.07. The molecule has 2 aliphatic heterocycles. The van der Waals surface area contributed by atoms with Crippen LogP contribution in [-0.2, 0) is 22.6 Å². The van der Waals surface area contributed by atoms with E-state index in [4.69, 9.17) is 5.73 Å². The molecule has 2 aliphatic rings. The van der Waals surface area contributed by atoms with Crippen LogP contribution in [0.1, 0.15) is 36.4 Å². The van der Waals surface area contributed by atoms with E-state index in [1.807, 2.05) is 28.8 Å². The fourth-order valence-electron chi connectivity index (χ4n) is 7.86. The summed E-state index contributed by atoms with van der Waals surface area (Å²) in [6.07, 6.45) is 4.43. The second-order valence-corrected chi connectivity index (χ2v) is 14.0. The zero-order valence-corrected chi connectivity index (χ0v) is 29.8. The van der Waals surface area contributed by atoms with Gasteiger partial charge >= 0.3 is 0 Å². The number of phenolic OH excluding ortho intramolecular Hbond substituents is 1. The Hall–Kier alpha value is -6.01. The van der Waals surface area contributed by atoms with Crippen molar-refractivity contribution in [3.8, 4) is 17.0 Å². The second kappa shape index (κ2) is 14.5. The summed E-state index contributed by atoms with van der Waals surface area (Å²) >= 11 is 0. The second-order valence-electron chi connectivity index (χ2n) is 14.0. The van der Waals surface area contributed by atoms with Crippen molar-refractivity contribution in [3.05, 3.63) is 102 Å². The highest BCUT2D eigenvalue weighted by Crippen LogP contribution is 2.36. The number of nitrogens with one attached hydrogen (secondary N) is 1. The van der Waals surface area contributed by atoms with Crippen LogP contribution in [0.25, 0.3) is 33.2 Å². The molecule has 0 radical (unpaired) electrons. The Morgan fingerprint density at radius 1 is 0.925 bits per heavy atom. The number of aromatic hydroxyl groups is 1. The fraction of sp³-hybridized carbons (Fsp3) is 0.293. The highest BCUT2D eigenvalue weighted by atomic mass is 16.3. The van der Waals surface area contributed by atoms with Crippen LogP contribution in [0.5, 0.6) is 5.75 Å². The molecule has 0 aliphatic carbocycles. The molecule has 12 heteroatoms. The first-order chi connectivity index (χ1) is 25.8. The third-order valence-corrected chi connectivity index (χ3v) is 10.5. The van der Waals surface area contributed by atoms with Crippen LogP contribution in [0.2, 0.25) is 0 Å². The number of hydrogen-bond donors (Lipinski definition) is 3. The van der Waals surface area contributed by atoms with Crippen molar-refractivity contribution in [2.75, 3.05) is 55.3 Å². The Kier molecular flexibility index (Phi) is 9.36. The van der Waals surface area contributed by atoms with Gasteiger partial charge in [-0.2, -0.15) is 0 Å². The predicted molar refractivity (Wildman–Crippen MR) is 208 cm³/mol. The first kappa shape index (κ1) is 34.1. The summed E-state index contributed by atoms with van der Waals surface area (Å²) in [5.74, 6) is 0.0674. The van der Waals surface area contributed by atoms with Crippen LogP contribution in [0, 0.1) is 0 Å². The molecule has 0 saturated carbocycles.